The van der Waals surface area contributed by atoms with Gasteiger partial charge in [0.1, 0.15) is 0 Å². The molecule has 3 rings (SSSR count). The topological polar surface area (TPSA) is 83.6 Å². The Morgan fingerprint density at radius 1 is 1.23 bits per heavy atom. The summed E-state index contributed by atoms with van der Waals surface area (Å²) < 4.78 is 0. The molecule has 6 heteroatoms. The van der Waals surface area contributed by atoms with Crippen LogP contribution in [-0.2, 0) is 11.3 Å². The lowest BCUT2D eigenvalue weighted by atomic mass is 9.80. The van der Waals surface area contributed by atoms with Gasteiger partial charge in [0, 0.05) is 25.8 Å². The molecule has 2 saturated carbocycles. The number of hydrogen-bond acceptors (Lipinski definition) is 4. The normalized spacial score (nSPS) is 24.0. The van der Waals surface area contributed by atoms with E-state index in [-0.39, 0.29) is 6.04 Å². The van der Waals surface area contributed by atoms with Crippen molar-refractivity contribution in [3.63, 3.8) is 0 Å². The lowest BCUT2D eigenvalue weighted by Gasteiger charge is -2.32. The summed E-state index contributed by atoms with van der Waals surface area (Å²) in [5.74, 6) is 1.85. The second kappa shape index (κ2) is 12.8. The summed E-state index contributed by atoms with van der Waals surface area (Å²) in [6.45, 7) is 0.832. The standard InChI is InChI=1S/C25H41N5O/c1-30(19-31)25(26)29-23(14-13-20-8-3-2-4-9-20)17-21-10-7-12-22(16-21)28-18-24-11-5-6-15-27-24/h5-6,11,15,19-23,28H,2-4,7-10,12-14,16-18H2,1H3,(H2,26,29)/t21-,22+,23+/m0/s1. The first-order valence-corrected chi connectivity index (χ1v) is 12.3. The Balaban J connectivity index is 1.54. The van der Waals surface area contributed by atoms with E-state index in [1.807, 2.05) is 18.3 Å². The Hall–Kier alpha value is -1.95. The summed E-state index contributed by atoms with van der Waals surface area (Å²) >= 11 is 0. The van der Waals surface area contributed by atoms with Gasteiger partial charge < -0.3 is 11.1 Å². The predicted octanol–water partition coefficient (Wildman–Crippen LogP) is 4.25. The zero-order valence-electron chi connectivity index (χ0n) is 19.2. The number of hydrogen-bond donors (Lipinski definition) is 2. The Labute approximate surface area is 188 Å². The zero-order valence-corrected chi connectivity index (χ0v) is 19.2. The van der Waals surface area contributed by atoms with E-state index in [4.69, 9.17) is 10.7 Å². The summed E-state index contributed by atoms with van der Waals surface area (Å²) in [7, 11) is 1.68. The van der Waals surface area contributed by atoms with Gasteiger partial charge in [0.05, 0.1) is 11.7 Å². The van der Waals surface area contributed by atoms with Crippen LogP contribution in [0.2, 0.25) is 0 Å². The zero-order chi connectivity index (χ0) is 21.9. The maximum Gasteiger partial charge on any atom is 0.216 e. The monoisotopic (exact) mass is 427 g/mol. The molecule has 1 heterocycles. The van der Waals surface area contributed by atoms with Gasteiger partial charge >= 0.3 is 0 Å². The van der Waals surface area contributed by atoms with Crippen LogP contribution in [0.3, 0.4) is 0 Å². The summed E-state index contributed by atoms with van der Waals surface area (Å²) in [4.78, 5) is 21.7. The molecule has 0 unspecified atom stereocenters. The lowest BCUT2D eigenvalue weighted by molar-refractivity contribution is -0.114. The van der Waals surface area contributed by atoms with Crippen molar-refractivity contribution >= 4 is 12.4 Å². The van der Waals surface area contributed by atoms with Gasteiger partial charge in [-0.3, -0.25) is 14.7 Å². The molecule has 0 bridgehead atoms. The molecule has 2 fully saturated rings. The van der Waals surface area contributed by atoms with Crippen molar-refractivity contribution in [1.82, 2.24) is 15.2 Å². The maximum atomic E-state index is 11.1. The average molecular weight is 428 g/mol. The smallest absolute Gasteiger partial charge is 0.216 e. The number of carbonyl (C=O) groups is 1. The molecule has 6 nitrogen and oxygen atoms in total. The van der Waals surface area contributed by atoms with Gasteiger partial charge in [0.25, 0.3) is 0 Å². The van der Waals surface area contributed by atoms with Gasteiger partial charge in [-0.1, -0.05) is 51.0 Å². The van der Waals surface area contributed by atoms with Gasteiger partial charge in [-0.05, 0) is 56.1 Å². The van der Waals surface area contributed by atoms with Crippen molar-refractivity contribution in [2.75, 3.05) is 7.05 Å². The Bertz CT molecular complexity index is 674. The van der Waals surface area contributed by atoms with Crippen molar-refractivity contribution in [3.05, 3.63) is 30.1 Å². The third-order valence-corrected chi connectivity index (χ3v) is 7.15. The summed E-state index contributed by atoms with van der Waals surface area (Å²) in [5.41, 5.74) is 7.21. The first kappa shape index (κ1) is 23.7. The van der Waals surface area contributed by atoms with Crippen molar-refractivity contribution in [2.24, 2.45) is 22.6 Å². The van der Waals surface area contributed by atoms with Crippen LogP contribution in [0.1, 0.15) is 82.7 Å². The van der Waals surface area contributed by atoms with Crippen LogP contribution < -0.4 is 11.1 Å². The molecular formula is C25H41N5O. The molecule has 0 radical (unpaired) electrons. The van der Waals surface area contributed by atoms with Crippen LogP contribution >= 0.6 is 0 Å². The molecule has 1 aromatic rings. The molecule has 31 heavy (non-hydrogen) atoms. The minimum atomic E-state index is 0.212. The summed E-state index contributed by atoms with van der Waals surface area (Å²) in [5, 5.41) is 3.72. The van der Waals surface area contributed by atoms with E-state index in [2.05, 4.69) is 16.4 Å². The average Bonchev–Trinajstić information content (AvgIpc) is 2.82. The fraction of sp³-hybridized carbons (Fsp3) is 0.720. The first-order valence-electron chi connectivity index (χ1n) is 12.3. The molecule has 0 aromatic carbocycles. The number of aliphatic imine (C=N–C) groups is 1. The van der Waals surface area contributed by atoms with Crippen LogP contribution in [0.25, 0.3) is 0 Å². The van der Waals surface area contributed by atoms with Gasteiger partial charge in [0.15, 0.2) is 5.96 Å². The number of amides is 1. The third kappa shape index (κ3) is 8.24. The lowest BCUT2D eigenvalue weighted by Crippen LogP contribution is -2.36. The molecule has 1 aromatic heterocycles. The predicted molar refractivity (Wildman–Crippen MR) is 126 cm³/mol. The fourth-order valence-electron chi connectivity index (χ4n) is 5.30. The quantitative estimate of drug-likeness (QED) is 0.332. The number of nitrogens with one attached hydrogen (secondary N) is 1. The highest BCUT2D eigenvalue weighted by Crippen LogP contribution is 2.32. The number of nitrogens with two attached hydrogens (primary N) is 1. The van der Waals surface area contributed by atoms with Gasteiger partial charge in [-0.2, -0.15) is 0 Å². The number of rotatable bonds is 10. The minimum absolute atomic E-state index is 0.212. The van der Waals surface area contributed by atoms with Crippen molar-refractivity contribution in [1.29, 1.82) is 0 Å². The second-order valence-electron chi connectivity index (χ2n) is 9.61. The molecule has 172 valence electrons. The molecule has 2 aliphatic rings. The van der Waals surface area contributed by atoms with E-state index >= 15 is 0 Å². The van der Waals surface area contributed by atoms with Crippen LogP contribution in [-0.4, -0.2) is 41.4 Å². The highest BCUT2D eigenvalue weighted by molar-refractivity contribution is 5.87. The van der Waals surface area contributed by atoms with E-state index in [0.717, 1.165) is 37.4 Å². The Morgan fingerprint density at radius 2 is 2.03 bits per heavy atom. The fourth-order valence-corrected chi connectivity index (χ4v) is 5.30. The van der Waals surface area contributed by atoms with Crippen LogP contribution in [0, 0.1) is 11.8 Å². The molecule has 0 spiro atoms. The van der Waals surface area contributed by atoms with Gasteiger partial charge in [0.2, 0.25) is 6.41 Å². The second-order valence-corrected chi connectivity index (χ2v) is 9.61. The van der Waals surface area contributed by atoms with E-state index in [0.29, 0.717) is 17.9 Å². The number of aromatic nitrogens is 1. The Morgan fingerprint density at radius 3 is 2.77 bits per heavy atom. The molecule has 0 saturated heterocycles. The molecular weight excluding hydrogens is 386 g/mol. The summed E-state index contributed by atoms with van der Waals surface area (Å²) in [6.07, 6.45) is 17.8. The summed E-state index contributed by atoms with van der Waals surface area (Å²) in [6, 6.07) is 6.84. The van der Waals surface area contributed by atoms with E-state index in [1.165, 1.54) is 69.1 Å². The Kier molecular flexibility index (Phi) is 9.79. The number of nitrogens with zero attached hydrogens (tertiary/aromatic N) is 3. The SMILES string of the molecule is CN(C=O)C(N)=N[C@H](CCC1CCCCC1)C[C@H]1CCC[C@@H](NCc2ccccn2)C1. The number of pyridine rings is 1. The van der Waals surface area contributed by atoms with E-state index < -0.39 is 0 Å². The number of carbonyl (C=O) groups excluding carboxylic acids is 1. The first-order chi connectivity index (χ1) is 15.1. The molecule has 3 atom stereocenters. The highest BCUT2D eigenvalue weighted by Gasteiger charge is 2.25. The van der Waals surface area contributed by atoms with Crippen LogP contribution in [0.5, 0.6) is 0 Å². The molecule has 1 amide bonds. The van der Waals surface area contributed by atoms with Crippen molar-refractivity contribution < 1.29 is 4.79 Å². The highest BCUT2D eigenvalue weighted by atomic mass is 16.1. The van der Waals surface area contributed by atoms with Crippen molar-refractivity contribution in [3.8, 4) is 0 Å². The molecule has 2 aliphatic carbocycles. The minimum Gasteiger partial charge on any atom is -0.369 e. The van der Waals surface area contributed by atoms with Gasteiger partial charge in [-0.15, -0.1) is 0 Å². The molecule has 0 aliphatic heterocycles. The van der Waals surface area contributed by atoms with Gasteiger partial charge in [-0.25, -0.2) is 4.99 Å². The third-order valence-electron chi connectivity index (χ3n) is 7.15. The van der Waals surface area contributed by atoms with E-state index in [9.17, 15) is 4.79 Å². The van der Waals surface area contributed by atoms with Crippen LogP contribution in [0.15, 0.2) is 29.4 Å². The van der Waals surface area contributed by atoms with Crippen molar-refractivity contribution in [2.45, 2.75) is 95.7 Å². The largest absolute Gasteiger partial charge is 0.369 e. The number of guanidine groups is 1. The van der Waals surface area contributed by atoms with E-state index in [1.54, 1.807) is 7.05 Å². The molecule has 3 N–H and O–H groups in total. The maximum absolute atomic E-state index is 11.1. The van der Waals surface area contributed by atoms with Crippen LogP contribution in [0.4, 0.5) is 0 Å².